The first-order chi connectivity index (χ1) is 31.6. The molecule has 0 bridgehead atoms. The standard InChI is InChI=1S/C62H61BN2S2/c1-58(2,3)34-18-22-37(23-19-34)65-48-33-51-39(40-31-43-44(32-50(40)66-51)62(12,13)27-26-61(43,10)11)30-42(48)52-53-38-16-14-15-17-49(38)67-57(53)54-41-28-35(59(4,5)6)20-24-46(41)64-47-25-21-36(60(7,8)9)29-45(47)63(65)55(52)56(54)64/h14-25,28-33H,26-27H2,1-13H3. The van der Waals surface area contributed by atoms with Crippen LogP contribution in [0.15, 0.2) is 109 Å². The Labute approximate surface area is 404 Å². The molecule has 0 saturated carbocycles. The summed E-state index contributed by atoms with van der Waals surface area (Å²) < 4.78 is 8.20. The summed E-state index contributed by atoms with van der Waals surface area (Å²) in [5.41, 5.74) is 19.5. The van der Waals surface area contributed by atoms with E-state index in [1.807, 2.05) is 22.7 Å². The first-order valence-corrected chi connectivity index (χ1v) is 26.3. The van der Waals surface area contributed by atoms with E-state index in [9.17, 15) is 0 Å². The summed E-state index contributed by atoms with van der Waals surface area (Å²) in [6.45, 7) is 31.0. The van der Waals surface area contributed by atoms with Crippen LogP contribution in [-0.2, 0) is 27.1 Å². The molecule has 5 heteroatoms. The fourth-order valence-corrected chi connectivity index (χ4v) is 14.9. The number of fused-ring (bicyclic) bond motifs is 17. The second kappa shape index (κ2) is 13.2. The van der Waals surface area contributed by atoms with Crippen LogP contribution in [0.4, 0.5) is 11.4 Å². The Morgan fingerprint density at radius 1 is 0.522 bits per heavy atom. The zero-order valence-corrected chi connectivity index (χ0v) is 43.2. The van der Waals surface area contributed by atoms with E-state index in [-0.39, 0.29) is 33.9 Å². The predicted molar refractivity (Wildman–Crippen MR) is 297 cm³/mol. The number of anilines is 2. The van der Waals surface area contributed by atoms with Crippen LogP contribution in [0.25, 0.3) is 79.0 Å². The third-order valence-corrected chi connectivity index (χ3v) is 18.8. The Kier molecular flexibility index (Phi) is 8.26. The zero-order valence-electron chi connectivity index (χ0n) is 41.6. The van der Waals surface area contributed by atoms with Crippen molar-refractivity contribution in [2.24, 2.45) is 0 Å². The average molecular weight is 909 g/mol. The molecule has 5 heterocycles. The van der Waals surface area contributed by atoms with Crippen molar-refractivity contribution in [2.45, 2.75) is 130 Å². The molecule has 0 N–H and O–H groups in total. The summed E-state index contributed by atoms with van der Waals surface area (Å²) in [7, 11) is 0. The van der Waals surface area contributed by atoms with Crippen molar-refractivity contribution in [1.82, 2.24) is 4.57 Å². The van der Waals surface area contributed by atoms with Gasteiger partial charge in [0, 0.05) is 73.7 Å². The number of nitrogens with zero attached hydrogens (tertiary/aromatic N) is 2. The van der Waals surface area contributed by atoms with Crippen LogP contribution in [0.5, 0.6) is 0 Å². The molecule has 3 aliphatic rings. The Morgan fingerprint density at radius 3 is 1.84 bits per heavy atom. The average Bonchev–Trinajstić information content (AvgIpc) is 3.94. The quantitative estimate of drug-likeness (QED) is 0.149. The molecule has 0 saturated heterocycles. The molecule has 2 nitrogen and oxygen atoms in total. The highest BCUT2D eigenvalue weighted by Gasteiger charge is 2.47. The number of rotatable bonds is 1. The first-order valence-electron chi connectivity index (χ1n) is 24.7. The third kappa shape index (κ3) is 5.74. The molecular weight excluding hydrogens is 848 g/mol. The highest BCUT2D eigenvalue weighted by Crippen LogP contribution is 2.56. The summed E-state index contributed by atoms with van der Waals surface area (Å²) in [5, 5.41) is 8.31. The van der Waals surface area contributed by atoms with Crippen molar-refractivity contribution in [1.29, 1.82) is 0 Å². The van der Waals surface area contributed by atoms with Crippen LogP contribution < -0.4 is 15.7 Å². The number of benzene rings is 7. The van der Waals surface area contributed by atoms with Crippen molar-refractivity contribution >= 4 is 114 Å². The molecule has 0 spiro atoms. The minimum absolute atomic E-state index is 0.00613. The molecular formula is C62H61BN2S2. The smallest absolute Gasteiger partial charge is 0.333 e. The van der Waals surface area contributed by atoms with E-state index in [2.05, 4.69) is 209 Å². The van der Waals surface area contributed by atoms with Gasteiger partial charge >= 0.3 is 6.85 Å². The van der Waals surface area contributed by atoms with Gasteiger partial charge in [-0.15, -0.1) is 22.7 Å². The van der Waals surface area contributed by atoms with Crippen molar-refractivity contribution in [3.05, 3.63) is 137 Å². The third-order valence-electron chi connectivity index (χ3n) is 16.5. The molecule has 0 fully saturated rings. The summed E-state index contributed by atoms with van der Waals surface area (Å²) in [6.07, 6.45) is 2.42. The predicted octanol–water partition coefficient (Wildman–Crippen LogP) is 17.0. The largest absolute Gasteiger partial charge is 0.376 e. The van der Waals surface area contributed by atoms with Gasteiger partial charge in [0.1, 0.15) is 0 Å². The van der Waals surface area contributed by atoms with Gasteiger partial charge < -0.3 is 9.38 Å². The van der Waals surface area contributed by atoms with Gasteiger partial charge in [0.05, 0.1) is 11.0 Å². The molecule has 0 unspecified atom stereocenters. The van der Waals surface area contributed by atoms with Crippen molar-refractivity contribution in [3.8, 4) is 16.8 Å². The van der Waals surface area contributed by atoms with Gasteiger partial charge in [-0.2, -0.15) is 0 Å². The van der Waals surface area contributed by atoms with Gasteiger partial charge in [0.15, 0.2) is 0 Å². The van der Waals surface area contributed by atoms with E-state index in [0.717, 1.165) is 0 Å². The molecule has 13 rings (SSSR count). The van der Waals surface area contributed by atoms with Crippen LogP contribution in [-0.4, -0.2) is 11.4 Å². The van der Waals surface area contributed by atoms with E-state index < -0.39 is 0 Å². The molecule has 334 valence electrons. The molecule has 7 aromatic carbocycles. The van der Waals surface area contributed by atoms with Crippen LogP contribution in [0.1, 0.15) is 131 Å². The Hall–Kier alpha value is -5.36. The minimum Gasteiger partial charge on any atom is -0.376 e. The molecule has 0 radical (unpaired) electrons. The molecule has 0 amide bonds. The lowest BCUT2D eigenvalue weighted by Gasteiger charge is -2.43. The van der Waals surface area contributed by atoms with Gasteiger partial charge in [-0.05, 0) is 145 Å². The first kappa shape index (κ1) is 41.8. The Balaban J connectivity index is 1.25. The van der Waals surface area contributed by atoms with Gasteiger partial charge in [-0.3, -0.25) is 0 Å². The van der Waals surface area contributed by atoms with Gasteiger partial charge in [-0.1, -0.05) is 139 Å². The van der Waals surface area contributed by atoms with Crippen molar-refractivity contribution in [2.75, 3.05) is 4.81 Å². The number of aromatic nitrogens is 1. The maximum Gasteiger partial charge on any atom is 0.333 e. The van der Waals surface area contributed by atoms with E-state index in [1.54, 1.807) is 0 Å². The zero-order chi connectivity index (χ0) is 46.6. The number of hydrogen-bond donors (Lipinski definition) is 0. The van der Waals surface area contributed by atoms with Crippen LogP contribution in [0.2, 0.25) is 0 Å². The molecule has 3 aromatic heterocycles. The fraction of sp³-hybridized carbons (Fsp3) is 0.323. The lowest BCUT2D eigenvalue weighted by molar-refractivity contribution is 0.332. The van der Waals surface area contributed by atoms with E-state index in [1.165, 1.54) is 142 Å². The van der Waals surface area contributed by atoms with Crippen molar-refractivity contribution in [3.63, 3.8) is 0 Å². The van der Waals surface area contributed by atoms with Crippen LogP contribution in [0, 0.1) is 0 Å². The normalized spacial score (nSPS) is 16.5. The topological polar surface area (TPSA) is 8.17 Å². The summed E-state index contributed by atoms with van der Waals surface area (Å²) in [6, 6.07) is 44.1. The second-order valence-corrected chi connectivity index (χ2v) is 27.0. The lowest BCUT2D eigenvalue weighted by atomic mass is 9.43. The fourth-order valence-electron chi connectivity index (χ4n) is 12.4. The number of thiophene rings is 2. The maximum atomic E-state index is 2.76. The number of hydrogen-bond acceptors (Lipinski definition) is 3. The summed E-state index contributed by atoms with van der Waals surface area (Å²) in [5.74, 6) is 0. The SMILES string of the molecule is CC(C)(C)c1ccc(N2B3c4cc(C(C)(C)C)ccc4-n4c5ccc(C(C)(C)C)cc5c5c6sc7ccccc7c6c(c3c54)-c3cc4c(cc32)sc2cc3c(cc24)C(C)(C)CCC3(C)C)cc1. The maximum absolute atomic E-state index is 2.76. The van der Waals surface area contributed by atoms with Gasteiger partial charge in [-0.25, -0.2) is 0 Å². The molecule has 10 aromatic rings. The Morgan fingerprint density at radius 2 is 1.13 bits per heavy atom. The second-order valence-electron chi connectivity index (χ2n) is 24.9. The minimum atomic E-state index is -0.0644. The van der Waals surface area contributed by atoms with Gasteiger partial charge in [0.2, 0.25) is 0 Å². The van der Waals surface area contributed by atoms with Gasteiger partial charge in [0.25, 0.3) is 0 Å². The molecule has 1 aliphatic carbocycles. The van der Waals surface area contributed by atoms with Crippen LogP contribution in [0.3, 0.4) is 0 Å². The van der Waals surface area contributed by atoms with E-state index in [4.69, 9.17) is 0 Å². The Bertz CT molecular complexity index is 3810. The van der Waals surface area contributed by atoms with E-state index in [0.29, 0.717) is 0 Å². The lowest BCUT2D eigenvalue weighted by Crippen LogP contribution is -2.60. The molecule has 2 aliphatic heterocycles. The highest BCUT2D eigenvalue weighted by molar-refractivity contribution is 7.27. The highest BCUT2D eigenvalue weighted by atomic mass is 32.1. The molecule has 67 heavy (non-hydrogen) atoms. The van der Waals surface area contributed by atoms with Crippen LogP contribution >= 0.6 is 22.7 Å². The summed E-state index contributed by atoms with van der Waals surface area (Å²) >= 11 is 3.98. The summed E-state index contributed by atoms with van der Waals surface area (Å²) in [4.78, 5) is 2.76. The van der Waals surface area contributed by atoms with Crippen molar-refractivity contribution < 1.29 is 0 Å². The molecule has 0 atom stereocenters. The van der Waals surface area contributed by atoms with E-state index >= 15 is 0 Å². The monoisotopic (exact) mass is 908 g/mol.